The molecule has 2 heterocycles. The number of hydrogen-bond acceptors (Lipinski definition) is 2. The maximum atomic E-state index is 13.4. The number of pyridine rings is 1. The van der Waals surface area contributed by atoms with E-state index in [0.29, 0.717) is 16.6 Å². The summed E-state index contributed by atoms with van der Waals surface area (Å²) >= 11 is 0. The summed E-state index contributed by atoms with van der Waals surface area (Å²) in [6.45, 7) is 0. The third-order valence-corrected chi connectivity index (χ3v) is 4.21. The lowest BCUT2D eigenvalue weighted by Crippen LogP contribution is -2.42. The minimum absolute atomic E-state index is 0.0584. The van der Waals surface area contributed by atoms with E-state index in [2.05, 4.69) is 9.97 Å². The molecule has 0 atom stereocenters. The largest absolute Gasteiger partial charge is 0.481 e. The van der Waals surface area contributed by atoms with Crippen molar-refractivity contribution >= 4 is 17.0 Å². The predicted octanol–water partition coefficient (Wildman–Crippen LogP) is 3.09. The molecule has 2 N–H and O–H groups in total. The van der Waals surface area contributed by atoms with Crippen molar-refractivity contribution in [3.05, 3.63) is 30.1 Å². The van der Waals surface area contributed by atoms with Gasteiger partial charge in [-0.15, -0.1) is 0 Å². The van der Waals surface area contributed by atoms with Crippen molar-refractivity contribution in [2.45, 2.75) is 37.0 Å². The van der Waals surface area contributed by atoms with Gasteiger partial charge in [0.1, 0.15) is 5.65 Å². The minimum atomic E-state index is -2.76. The second kappa shape index (κ2) is 4.26. The van der Waals surface area contributed by atoms with Gasteiger partial charge in [-0.25, -0.2) is 13.8 Å². The van der Waals surface area contributed by atoms with Crippen molar-refractivity contribution in [3.8, 4) is 0 Å². The Morgan fingerprint density at radius 2 is 2.00 bits per heavy atom. The van der Waals surface area contributed by atoms with Crippen molar-refractivity contribution in [3.63, 3.8) is 0 Å². The Hall–Kier alpha value is -1.98. The fraction of sp³-hybridized carbons (Fsp3) is 0.429. The van der Waals surface area contributed by atoms with Crippen molar-refractivity contribution in [1.82, 2.24) is 9.97 Å². The first kappa shape index (κ1) is 13.0. The van der Waals surface area contributed by atoms with E-state index in [9.17, 15) is 18.7 Å². The van der Waals surface area contributed by atoms with E-state index in [1.54, 1.807) is 24.5 Å². The number of alkyl halides is 2. The average molecular weight is 280 g/mol. The van der Waals surface area contributed by atoms with Crippen LogP contribution in [0.15, 0.2) is 24.5 Å². The van der Waals surface area contributed by atoms with Crippen molar-refractivity contribution in [2.24, 2.45) is 0 Å². The van der Waals surface area contributed by atoms with Crippen LogP contribution in [0.5, 0.6) is 0 Å². The van der Waals surface area contributed by atoms with Gasteiger partial charge in [0.05, 0.1) is 5.41 Å². The molecule has 0 spiro atoms. The van der Waals surface area contributed by atoms with Crippen LogP contribution in [-0.4, -0.2) is 27.0 Å². The summed E-state index contributed by atoms with van der Waals surface area (Å²) in [5, 5.41) is 10.3. The lowest BCUT2D eigenvalue weighted by molar-refractivity contribution is -0.149. The van der Waals surface area contributed by atoms with E-state index in [1.165, 1.54) is 0 Å². The number of aromatic amines is 1. The smallest absolute Gasteiger partial charge is 0.314 e. The zero-order valence-electron chi connectivity index (χ0n) is 10.7. The van der Waals surface area contributed by atoms with Gasteiger partial charge in [-0.2, -0.15) is 0 Å². The van der Waals surface area contributed by atoms with Crippen LogP contribution in [0, 0.1) is 0 Å². The average Bonchev–Trinajstić information content (AvgIpc) is 2.83. The molecule has 1 saturated carbocycles. The first-order valence-corrected chi connectivity index (χ1v) is 6.48. The van der Waals surface area contributed by atoms with E-state index in [-0.39, 0.29) is 12.8 Å². The van der Waals surface area contributed by atoms with Gasteiger partial charge in [-0.1, -0.05) is 0 Å². The standard InChI is InChI=1S/C14H14F2N2O2/c15-14(16)5-3-13(4-6-14,12(19)20)10-8-18-11-9(10)2-1-7-17-11/h1-2,7-8H,3-6H2,(H,17,18)(H,19,20). The number of nitrogens with one attached hydrogen (secondary N) is 1. The molecule has 4 nitrogen and oxygen atoms in total. The molecule has 1 aliphatic carbocycles. The fourth-order valence-corrected chi connectivity index (χ4v) is 2.99. The highest BCUT2D eigenvalue weighted by atomic mass is 19.3. The number of aromatic nitrogens is 2. The van der Waals surface area contributed by atoms with Gasteiger partial charge in [0.25, 0.3) is 0 Å². The molecule has 20 heavy (non-hydrogen) atoms. The number of hydrogen-bond donors (Lipinski definition) is 2. The molecule has 0 aliphatic heterocycles. The number of fused-ring (bicyclic) bond motifs is 1. The highest BCUT2D eigenvalue weighted by Gasteiger charge is 2.50. The normalized spacial score (nSPS) is 20.9. The summed E-state index contributed by atoms with van der Waals surface area (Å²) in [5.41, 5.74) is -0.104. The number of aliphatic carboxylic acids is 1. The zero-order valence-corrected chi connectivity index (χ0v) is 10.7. The molecule has 6 heteroatoms. The number of carbonyl (C=O) groups is 1. The van der Waals surface area contributed by atoms with E-state index in [4.69, 9.17) is 0 Å². The van der Waals surface area contributed by atoms with Gasteiger partial charge in [-0.05, 0) is 30.5 Å². The number of rotatable bonds is 2. The Morgan fingerprint density at radius 1 is 1.30 bits per heavy atom. The molecule has 0 unspecified atom stereocenters. The number of halogens is 2. The summed E-state index contributed by atoms with van der Waals surface area (Å²) in [5.74, 6) is -3.80. The molecule has 0 aromatic carbocycles. The highest BCUT2D eigenvalue weighted by Crippen LogP contribution is 2.47. The van der Waals surface area contributed by atoms with E-state index >= 15 is 0 Å². The van der Waals surface area contributed by atoms with Gasteiger partial charge in [0.15, 0.2) is 0 Å². The molecule has 1 fully saturated rings. The topological polar surface area (TPSA) is 66.0 Å². The van der Waals surface area contributed by atoms with Gasteiger partial charge >= 0.3 is 5.97 Å². The Morgan fingerprint density at radius 3 is 2.65 bits per heavy atom. The number of H-pyrrole nitrogens is 1. The maximum Gasteiger partial charge on any atom is 0.314 e. The second-order valence-corrected chi connectivity index (χ2v) is 5.35. The lowest BCUT2D eigenvalue weighted by Gasteiger charge is -2.36. The van der Waals surface area contributed by atoms with Crippen LogP contribution in [0.2, 0.25) is 0 Å². The molecule has 0 amide bonds. The van der Waals surface area contributed by atoms with E-state index in [0.717, 1.165) is 0 Å². The van der Waals surface area contributed by atoms with E-state index < -0.39 is 30.1 Å². The highest BCUT2D eigenvalue weighted by molar-refractivity contribution is 5.90. The van der Waals surface area contributed by atoms with E-state index in [1.807, 2.05) is 0 Å². The first-order chi connectivity index (χ1) is 9.45. The van der Waals surface area contributed by atoms with Crippen LogP contribution in [-0.2, 0) is 10.2 Å². The van der Waals surface area contributed by atoms with Crippen LogP contribution < -0.4 is 0 Å². The molecule has 2 aromatic rings. The van der Waals surface area contributed by atoms with Crippen LogP contribution >= 0.6 is 0 Å². The molecule has 1 aliphatic rings. The molecular formula is C14H14F2N2O2. The molecule has 106 valence electrons. The van der Waals surface area contributed by atoms with Crippen LogP contribution in [0.3, 0.4) is 0 Å². The Balaban J connectivity index is 2.10. The van der Waals surface area contributed by atoms with Gasteiger partial charge in [0.2, 0.25) is 5.92 Å². The third kappa shape index (κ3) is 1.87. The monoisotopic (exact) mass is 280 g/mol. The minimum Gasteiger partial charge on any atom is -0.481 e. The summed E-state index contributed by atoms with van der Waals surface area (Å²) in [6.07, 6.45) is 2.28. The van der Waals surface area contributed by atoms with Crippen molar-refractivity contribution < 1.29 is 18.7 Å². The summed E-state index contributed by atoms with van der Waals surface area (Å²) in [7, 11) is 0. The molecule has 3 rings (SSSR count). The third-order valence-electron chi connectivity index (χ3n) is 4.21. The lowest BCUT2D eigenvalue weighted by atomic mass is 9.68. The molecule has 2 aromatic heterocycles. The molecule has 0 saturated heterocycles. The van der Waals surface area contributed by atoms with Crippen LogP contribution in [0.4, 0.5) is 8.78 Å². The number of carboxylic acids is 1. The Kier molecular flexibility index (Phi) is 2.77. The Bertz CT molecular complexity index is 656. The summed E-state index contributed by atoms with van der Waals surface area (Å²) in [6, 6.07) is 3.48. The Labute approximate surface area is 113 Å². The zero-order chi connectivity index (χ0) is 14.4. The second-order valence-electron chi connectivity index (χ2n) is 5.35. The molecule has 0 bridgehead atoms. The summed E-state index contributed by atoms with van der Waals surface area (Å²) < 4.78 is 26.7. The SMILES string of the molecule is O=C(O)C1(c2c[nH]c3ncccc23)CCC(F)(F)CC1. The van der Waals surface area contributed by atoms with Gasteiger partial charge in [0, 0.05) is 30.6 Å². The first-order valence-electron chi connectivity index (χ1n) is 6.48. The number of nitrogens with zero attached hydrogens (tertiary/aromatic N) is 1. The summed E-state index contributed by atoms with van der Waals surface area (Å²) in [4.78, 5) is 18.8. The predicted molar refractivity (Wildman–Crippen MR) is 68.8 cm³/mol. The number of carboxylic acid groups (broad SMARTS) is 1. The quantitative estimate of drug-likeness (QED) is 0.888. The molecule has 0 radical (unpaired) electrons. The fourth-order valence-electron chi connectivity index (χ4n) is 2.99. The molecular weight excluding hydrogens is 266 g/mol. The van der Waals surface area contributed by atoms with Crippen LogP contribution in [0.25, 0.3) is 11.0 Å². The van der Waals surface area contributed by atoms with Crippen molar-refractivity contribution in [1.29, 1.82) is 0 Å². The van der Waals surface area contributed by atoms with Crippen molar-refractivity contribution in [2.75, 3.05) is 0 Å². The van der Waals surface area contributed by atoms with Crippen LogP contribution in [0.1, 0.15) is 31.2 Å². The van der Waals surface area contributed by atoms with Gasteiger partial charge < -0.3 is 10.1 Å². The maximum absolute atomic E-state index is 13.4. The van der Waals surface area contributed by atoms with Gasteiger partial charge in [-0.3, -0.25) is 4.79 Å².